The van der Waals surface area contributed by atoms with Crippen molar-refractivity contribution in [1.29, 1.82) is 0 Å². The number of methoxy groups -OCH3 is 2. The normalized spacial score (nSPS) is 16.1. The number of rotatable bonds is 9. The van der Waals surface area contributed by atoms with Gasteiger partial charge in [-0.2, -0.15) is 17.0 Å². The molecule has 1 aliphatic rings. The van der Waals surface area contributed by atoms with Crippen LogP contribution in [0.5, 0.6) is 0 Å². The SMILES string of the molecule is COCCN(CCOC)S(=O)(=O)N1CCN(c2c(F)c(F)c(F)c(F)c2F)CC1. The summed E-state index contributed by atoms with van der Waals surface area (Å²) < 4.78 is 106. The van der Waals surface area contributed by atoms with E-state index in [1.54, 1.807) is 0 Å². The number of hydrogen-bond acceptors (Lipinski definition) is 5. The molecule has 1 heterocycles. The molecule has 0 aliphatic carbocycles. The quantitative estimate of drug-likeness (QED) is 0.325. The van der Waals surface area contributed by atoms with Crippen LogP contribution in [-0.4, -0.2) is 83.7 Å². The van der Waals surface area contributed by atoms with Crippen molar-refractivity contribution in [3.8, 4) is 0 Å². The van der Waals surface area contributed by atoms with Crippen LogP contribution in [0, 0.1) is 29.1 Å². The van der Waals surface area contributed by atoms with Crippen molar-refractivity contribution in [2.75, 3.05) is 71.6 Å². The lowest BCUT2D eigenvalue weighted by atomic mass is 10.2. The molecule has 1 aliphatic heterocycles. The van der Waals surface area contributed by atoms with Crippen LogP contribution in [0.15, 0.2) is 0 Å². The molecular weight excluding hydrogens is 425 g/mol. The van der Waals surface area contributed by atoms with Crippen molar-refractivity contribution in [2.45, 2.75) is 0 Å². The van der Waals surface area contributed by atoms with Crippen molar-refractivity contribution < 1.29 is 39.8 Å². The van der Waals surface area contributed by atoms with E-state index in [1.165, 1.54) is 14.2 Å². The Morgan fingerprint density at radius 1 is 0.793 bits per heavy atom. The highest BCUT2D eigenvalue weighted by Crippen LogP contribution is 2.31. The second kappa shape index (κ2) is 9.98. The van der Waals surface area contributed by atoms with E-state index in [1.807, 2.05) is 0 Å². The number of nitrogens with zero attached hydrogens (tertiary/aromatic N) is 3. The van der Waals surface area contributed by atoms with Crippen LogP contribution in [0.25, 0.3) is 0 Å². The highest BCUT2D eigenvalue weighted by molar-refractivity contribution is 7.86. The molecule has 7 nitrogen and oxygen atoms in total. The topological polar surface area (TPSA) is 62.3 Å². The van der Waals surface area contributed by atoms with Crippen LogP contribution in [-0.2, 0) is 19.7 Å². The maximum Gasteiger partial charge on any atom is 0.282 e. The van der Waals surface area contributed by atoms with E-state index >= 15 is 0 Å². The van der Waals surface area contributed by atoms with Crippen molar-refractivity contribution in [2.24, 2.45) is 0 Å². The van der Waals surface area contributed by atoms with Gasteiger partial charge in [0, 0.05) is 53.5 Å². The van der Waals surface area contributed by atoms with Gasteiger partial charge >= 0.3 is 0 Å². The fraction of sp³-hybridized carbons (Fsp3) is 0.625. The third-order valence-corrected chi connectivity index (χ3v) is 6.52. The number of halogens is 5. The van der Waals surface area contributed by atoms with Gasteiger partial charge in [-0.05, 0) is 0 Å². The van der Waals surface area contributed by atoms with Crippen molar-refractivity contribution in [3.05, 3.63) is 29.1 Å². The van der Waals surface area contributed by atoms with Crippen molar-refractivity contribution >= 4 is 15.9 Å². The van der Waals surface area contributed by atoms with Gasteiger partial charge in [0.15, 0.2) is 23.3 Å². The molecule has 0 saturated carbocycles. The lowest BCUT2D eigenvalue weighted by molar-refractivity contribution is 0.146. The molecule has 1 saturated heterocycles. The summed E-state index contributed by atoms with van der Waals surface area (Å²) in [5.41, 5.74) is -1.06. The van der Waals surface area contributed by atoms with Gasteiger partial charge in [-0.3, -0.25) is 0 Å². The van der Waals surface area contributed by atoms with E-state index in [2.05, 4.69) is 0 Å². The van der Waals surface area contributed by atoms with Crippen LogP contribution < -0.4 is 4.90 Å². The fourth-order valence-electron chi connectivity index (χ4n) is 2.91. The maximum absolute atomic E-state index is 14.0. The average Bonchev–Trinajstić information content (AvgIpc) is 2.71. The highest BCUT2D eigenvalue weighted by atomic mass is 32.2. The molecule has 29 heavy (non-hydrogen) atoms. The molecule has 2 rings (SSSR count). The summed E-state index contributed by atoms with van der Waals surface area (Å²) in [5.74, 6) is -10.2. The second-order valence-electron chi connectivity index (χ2n) is 6.20. The lowest BCUT2D eigenvalue weighted by Crippen LogP contribution is -2.54. The average molecular weight is 447 g/mol. The number of piperazine rings is 1. The summed E-state index contributed by atoms with van der Waals surface area (Å²) in [5, 5.41) is 0. The minimum Gasteiger partial charge on any atom is -0.383 e. The van der Waals surface area contributed by atoms with E-state index in [0.717, 1.165) is 13.5 Å². The summed E-state index contributed by atoms with van der Waals surface area (Å²) >= 11 is 0. The van der Waals surface area contributed by atoms with E-state index in [0.29, 0.717) is 0 Å². The molecule has 0 spiro atoms. The van der Waals surface area contributed by atoms with E-state index in [9.17, 15) is 30.4 Å². The van der Waals surface area contributed by atoms with Crippen molar-refractivity contribution in [3.63, 3.8) is 0 Å². The molecule has 1 aromatic rings. The zero-order valence-corrected chi connectivity index (χ0v) is 16.7. The van der Waals surface area contributed by atoms with Crippen LogP contribution in [0.2, 0.25) is 0 Å². The predicted molar refractivity (Wildman–Crippen MR) is 94.3 cm³/mol. The van der Waals surface area contributed by atoms with Crippen LogP contribution in [0.4, 0.5) is 27.6 Å². The molecule has 0 aromatic heterocycles. The number of hydrogen-bond donors (Lipinski definition) is 0. The first-order valence-electron chi connectivity index (χ1n) is 8.66. The summed E-state index contributed by atoms with van der Waals surface area (Å²) in [6.45, 7) is -0.461. The standard InChI is InChI=1S/C16H22F5N3O4S/c1-27-9-7-24(8-10-28-2)29(25,26)23-5-3-22(4-6-23)16-14(20)12(18)11(17)13(19)15(16)21/h3-10H2,1-2H3. The third kappa shape index (κ3) is 4.97. The number of anilines is 1. The van der Waals surface area contributed by atoms with Gasteiger partial charge in [0.2, 0.25) is 5.82 Å². The second-order valence-corrected chi connectivity index (χ2v) is 8.13. The van der Waals surface area contributed by atoms with Crippen LogP contribution in [0.1, 0.15) is 0 Å². The molecule has 1 aromatic carbocycles. The van der Waals surface area contributed by atoms with Gasteiger partial charge in [0.05, 0.1) is 13.2 Å². The number of ether oxygens (including phenoxy) is 2. The van der Waals surface area contributed by atoms with E-state index < -0.39 is 45.0 Å². The Bertz CT molecular complexity index is 782. The molecule has 0 amide bonds. The van der Waals surface area contributed by atoms with Crippen LogP contribution >= 0.6 is 0 Å². The molecule has 0 N–H and O–H groups in total. The number of benzene rings is 1. The summed E-state index contributed by atoms with van der Waals surface area (Å²) in [4.78, 5) is 0.941. The Kier molecular flexibility index (Phi) is 8.17. The Morgan fingerprint density at radius 2 is 1.21 bits per heavy atom. The molecule has 1 fully saturated rings. The Labute approximate surface area is 165 Å². The Hall–Kier alpha value is -1.54. The van der Waals surface area contributed by atoms with E-state index in [-0.39, 0.29) is 52.5 Å². The van der Waals surface area contributed by atoms with E-state index in [4.69, 9.17) is 9.47 Å². The first-order valence-corrected chi connectivity index (χ1v) is 10.1. The third-order valence-electron chi connectivity index (χ3n) is 4.48. The van der Waals surface area contributed by atoms with Gasteiger partial charge in [-0.25, -0.2) is 22.0 Å². The summed E-state index contributed by atoms with van der Waals surface area (Å²) in [6, 6.07) is 0. The predicted octanol–water partition coefficient (Wildman–Crippen LogP) is 1.34. The molecule has 0 radical (unpaired) electrons. The van der Waals surface area contributed by atoms with Gasteiger partial charge in [0.1, 0.15) is 5.69 Å². The molecule has 0 atom stereocenters. The first-order chi connectivity index (χ1) is 13.7. The van der Waals surface area contributed by atoms with Gasteiger partial charge < -0.3 is 14.4 Å². The minimum absolute atomic E-state index is 0.0695. The zero-order valence-electron chi connectivity index (χ0n) is 15.9. The molecule has 0 bridgehead atoms. The lowest BCUT2D eigenvalue weighted by Gasteiger charge is -2.37. The van der Waals surface area contributed by atoms with Gasteiger partial charge in [0.25, 0.3) is 10.2 Å². The summed E-state index contributed by atoms with van der Waals surface area (Å²) in [7, 11) is -1.09. The minimum atomic E-state index is -3.93. The van der Waals surface area contributed by atoms with Gasteiger partial charge in [-0.1, -0.05) is 0 Å². The molecule has 166 valence electrons. The Balaban J connectivity index is 2.17. The molecule has 13 heteroatoms. The van der Waals surface area contributed by atoms with Gasteiger partial charge in [-0.15, -0.1) is 0 Å². The summed E-state index contributed by atoms with van der Waals surface area (Å²) in [6.07, 6.45) is 0. The fourth-order valence-corrected chi connectivity index (χ4v) is 4.47. The smallest absolute Gasteiger partial charge is 0.282 e. The largest absolute Gasteiger partial charge is 0.383 e. The zero-order chi connectivity index (χ0) is 21.8. The van der Waals surface area contributed by atoms with Crippen molar-refractivity contribution in [1.82, 2.24) is 8.61 Å². The Morgan fingerprint density at radius 3 is 1.62 bits per heavy atom. The molecular formula is C16H22F5N3O4S. The molecule has 0 unspecified atom stereocenters. The monoisotopic (exact) mass is 447 g/mol. The first kappa shape index (κ1) is 23.7. The maximum atomic E-state index is 14.0. The van der Waals surface area contributed by atoms with Crippen LogP contribution in [0.3, 0.4) is 0 Å². The highest BCUT2D eigenvalue weighted by Gasteiger charge is 2.35.